The number of rotatable bonds is 50. The van der Waals surface area contributed by atoms with Crippen LogP contribution in [0.2, 0.25) is 0 Å². The molecule has 0 radical (unpaired) electrons. The number of amides is 12. The highest BCUT2D eigenvalue weighted by Crippen LogP contribution is 2.48. The number of nitrogens with one attached hydrogen (secondary N) is 7. The summed E-state index contributed by atoms with van der Waals surface area (Å²) in [6, 6.07) is 24.9. The molecule has 0 saturated carbocycles. The number of hydrogen-bond acceptors (Lipinski definition) is 19. The molecule has 4 aromatic rings. The number of ether oxygens (including phenoxy) is 7. The molecule has 1 saturated heterocycles. The summed E-state index contributed by atoms with van der Waals surface area (Å²) in [7, 11) is 6.08. The van der Waals surface area contributed by atoms with Crippen LogP contribution in [0, 0.1) is 29.6 Å². The van der Waals surface area contributed by atoms with Gasteiger partial charge in [0.2, 0.25) is 53.2 Å². The first-order valence-electron chi connectivity index (χ1n) is 42.6. The van der Waals surface area contributed by atoms with Crippen LogP contribution in [0.25, 0.3) is 11.1 Å². The Kier molecular flexibility index (Phi) is 40.5. The standard InChI is InChI=1S/C90H132N12O19/c1-15-59(8)81(73(115-13)53-77(106)101-44-24-32-72(101)83(116-14)60(9)84(108)94-61(10)82(107)63-25-17-16-18-26-63)99(11)88(112)79(57(4)5)98-87(111)80(58(6)7)100(12)90(114)121-55-62-33-35-65(36-34-62)95-85(109)70(30-23-42-93-89(91)113)96-86(110)78(56(2)3)97-75(104)41-45-117-47-49-119-51-52-120-50-48-118-46-43-92-74(103)39-40-76(105)102-54-64-27-19-20-28-66(64)67-37-38-68(67)69-29-21-22-31-71(69)102/h16-22,25-29,31,33-36,56-61,70,72-73,78-83,107H,15,23-24,30,32,37-55H2,1-14H3,(H,92,103)(H,94,108)(H,95,109)(H,96,110)(H,97,104)(H,98,111)(H3,91,93,113)/t59-,60+,61+,70?,72-,73+,78-,79?,80-,81-,82+,83+/m0/s1. The lowest BCUT2D eigenvalue weighted by Gasteiger charge is -2.41. The van der Waals surface area contributed by atoms with E-state index in [9.17, 15) is 57.8 Å². The summed E-state index contributed by atoms with van der Waals surface area (Å²) < 4.78 is 40.3. The fraction of sp³-hybridized carbons (Fsp3) is 0.589. The van der Waals surface area contributed by atoms with Crippen molar-refractivity contribution in [2.24, 2.45) is 35.3 Å². The maximum absolute atomic E-state index is 14.9. The molecular formula is C90H132N12O19. The summed E-state index contributed by atoms with van der Waals surface area (Å²) in [5.41, 5.74) is 13.7. The minimum Gasteiger partial charge on any atom is -0.445 e. The third kappa shape index (κ3) is 29.2. The summed E-state index contributed by atoms with van der Waals surface area (Å²) in [5.74, 6) is -5.79. The third-order valence-electron chi connectivity index (χ3n) is 22.7. The summed E-state index contributed by atoms with van der Waals surface area (Å²) in [6.45, 7) is 21.0. The van der Waals surface area contributed by atoms with Crippen molar-refractivity contribution in [3.63, 3.8) is 0 Å². The van der Waals surface area contributed by atoms with E-state index in [4.69, 9.17) is 38.9 Å². The lowest BCUT2D eigenvalue weighted by atomic mass is 9.77. The van der Waals surface area contributed by atoms with E-state index in [-0.39, 0.29) is 121 Å². The number of nitrogens with two attached hydrogens (primary N) is 1. The van der Waals surface area contributed by atoms with Crippen molar-refractivity contribution >= 4 is 87.8 Å². The zero-order valence-electron chi connectivity index (χ0n) is 73.1. The quantitative estimate of drug-likeness (QED) is 0.0188. The minimum absolute atomic E-state index is 0.0361. The van der Waals surface area contributed by atoms with Crippen molar-refractivity contribution in [2.75, 3.05) is 111 Å². The average molecular weight is 1690 g/mol. The van der Waals surface area contributed by atoms with Gasteiger partial charge in [-0.1, -0.05) is 154 Å². The van der Waals surface area contributed by atoms with Crippen LogP contribution in [-0.4, -0.2) is 240 Å². The van der Waals surface area contributed by atoms with E-state index in [1.165, 1.54) is 42.9 Å². The van der Waals surface area contributed by atoms with E-state index in [0.717, 1.165) is 29.7 Å². The summed E-state index contributed by atoms with van der Waals surface area (Å²) in [4.78, 5) is 157. The van der Waals surface area contributed by atoms with Gasteiger partial charge in [-0.3, -0.25) is 48.1 Å². The molecule has 2 aliphatic heterocycles. The number of carbonyl (C=O) groups excluding carboxylic acids is 11. The first-order valence-corrected chi connectivity index (χ1v) is 42.6. The zero-order chi connectivity index (χ0) is 88.4. The van der Waals surface area contributed by atoms with Crippen LogP contribution < -0.4 is 47.9 Å². The number of carbonyl (C=O) groups is 11. The van der Waals surface area contributed by atoms with E-state index in [1.807, 2.05) is 67.3 Å². The molecule has 0 aromatic heterocycles. The topological polar surface area (TPSA) is 396 Å². The molecule has 31 heteroatoms. The Labute approximate surface area is 713 Å². The normalized spacial score (nSPS) is 16.4. The second-order valence-corrected chi connectivity index (χ2v) is 32.5. The molecule has 12 atom stereocenters. The number of aliphatic hydroxyl groups excluding tert-OH is 1. The maximum atomic E-state index is 14.9. The van der Waals surface area contributed by atoms with Gasteiger partial charge in [-0.25, -0.2) is 9.59 Å². The van der Waals surface area contributed by atoms with Gasteiger partial charge in [0.1, 0.15) is 30.8 Å². The summed E-state index contributed by atoms with van der Waals surface area (Å²) in [6.07, 6.45) is 0.881. The fourth-order valence-corrected chi connectivity index (χ4v) is 15.7. The smallest absolute Gasteiger partial charge is 0.410 e. The number of nitrogens with zero attached hydrogens (tertiary/aromatic N) is 4. The Morgan fingerprint density at radius 1 is 0.587 bits per heavy atom. The first kappa shape index (κ1) is 98.2. The number of anilines is 2. The van der Waals surface area contributed by atoms with Crippen LogP contribution in [0.1, 0.15) is 174 Å². The van der Waals surface area contributed by atoms with E-state index in [1.54, 1.807) is 109 Å². The third-order valence-corrected chi connectivity index (χ3v) is 22.7. The Morgan fingerprint density at radius 3 is 1.81 bits per heavy atom. The number of likely N-dealkylation sites (N-methyl/N-ethyl adjacent to an activating group) is 2. The van der Waals surface area contributed by atoms with Gasteiger partial charge in [0, 0.05) is 78.5 Å². The van der Waals surface area contributed by atoms with Gasteiger partial charge in [0.25, 0.3) is 0 Å². The van der Waals surface area contributed by atoms with Crippen LogP contribution in [0.4, 0.5) is 21.0 Å². The highest BCUT2D eigenvalue weighted by molar-refractivity contribution is 6.06. The first-order chi connectivity index (χ1) is 57.9. The molecule has 10 N–H and O–H groups in total. The number of allylic oxidation sites excluding steroid dienone is 2. The Bertz CT molecular complexity index is 4070. The fourth-order valence-electron chi connectivity index (χ4n) is 15.7. The second-order valence-electron chi connectivity index (χ2n) is 32.5. The van der Waals surface area contributed by atoms with Crippen molar-refractivity contribution in [1.29, 1.82) is 0 Å². The van der Waals surface area contributed by atoms with E-state index in [2.05, 4.69) is 55.4 Å². The lowest BCUT2D eigenvalue weighted by molar-refractivity contribution is -0.148. The van der Waals surface area contributed by atoms with Crippen LogP contribution in [0.15, 0.2) is 103 Å². The van der Waals surface area contributed by atoms with Gasteiger partial charge < -0.3 is 95.9 Å². The molecule has 4 aromatic carbocycles. The van der Waals surface area contributed by atoms with Crippen LogP contribution in [0.3, 0.4) is 0 Å². The number of fused-ring (bicyclic) bond motifs is 4. The molecule has 2 heterocycles. The number of para-hydroxylation sites is 1. The Hall–Kier alpha value is -9.89. The molecule has 12 amide bonds. The van der Waals surface area contributed by atoms with Gasteiger partial charge in [-0.15, -0.1) is 0 Å². The molecular weight excluding hydrogens is 1550 g/mol. The van der Waals surface area contributed by atoms with Gasteiger partial charge in [0.05, 0.1) is 114 Å². The molecule has 1 fully saturated rings. The number of methoxy groups -OCH3 is 2. The lowest BCUT2D eigenvalue weighted by Crippen LogP contribution is -2.60. The molecule has 666 valence electrons. The highest BCUT2D eigenvalue weighted by Gasteiger charge is 2.45. The van der Waals surface area contributed by atoms with E-state index >= 15 is 0 Å². The van der Waals surface area contributed by atoms with E-state index < -0.39 is 126 Å². The molecule has 31 nitrogen and oxygen atoms in total. The molecule has 2 unspecified atom stereocenters. The van der Waals surface area contributed by atoms with Gasteiger partial charge in [0.15, 0.2) is 0 Å². The van der Waals surface area contributed by atoms with Crippen molar-refractivity contribution < 1.29 is 91.0 Å². The Balaban J connectivity index is 0.798. The summed E-state index contributed by atoms with van der Waals surface area (Å²) in [5, 5.41) is 30.5. The van der Waals surface area contributed by atoms with Gasteiger partial charge in [-0.05, 0) is 121 Å². The predicted octanol–water partition coefficient (Wildman–Crippen LogP) is 8.20. The highest BCUT2D eigenvalue weighted by atomic mass is 16.6. The number of primary amides is 1. The van der Waals surface area contributed by atoms with Crippen molar-refractivity contribution in [2.45, 2.75) is 214 Å². The number of urea groups is 1. The van der Waals surface area contributed by atoms with Crippen LogP contribution >= 0.6 is 0 Å². The molecule has 121 heavy (non-hydrogen) atoms. The maximum Gasteiger partial charge on any atom is 0.410 e. The second kappa shape index (κ2) is 49.9. The average Bonchev–Trinajstić information content (AvgIpc) is 1.05. The van der Waals surface area contributed by atoms with Crippen molar-refractivity contribution in [1.82, 2.24) is 46.6 Å². The summed E-state index contributed by atoms with van der Waals surface area (Å²) >= 11 is 0. The van der Waals surface area contributed by atoms with Gasteiger partial charge in [-0.2, -0.15) is 0 Å². The minimum atomic E-state index is -1.13. The van der Waals surface area contributed by atoms with E-state index in [0.29, 0.717) is 69.0 Å². The number of aliphatic hydroxyl groups is 1. The number of hydrogen-bond donors (Lipinski definition) is 9. The number of benzene rings is 4. The van der Waals surface area contributed by atoms with Crippen molar-refractivity contribution in [3.05, 3.63) is 131 Å². The molecule has 7 rings (SSSR count). The van der Waals surface area contributed by atoms with Crippen molar-refractivity contribution in [3.8, 4) is 0 Å². The monoisotopic (exact) mass is 1680 g/mol. The van der Waals surface area contributed by atoms with Crippen LogP contribution in [0.5, 0.6) is 0 Å². The molecule has 3 aliphatic rings. The SMILES string of the molecule is CC[C@H](C)[C@@H]([C@@H](CC(=O)N1CCC[C@H]1[C@H](OC)[C@@H](C)C(=O)N[C@H](C)[C@@H](O)c1ccccc1)OC)N(C)C(=O)C(NC(=O)[C@H](C(C)C)N(C)C(=O)OCc1ccc(NC(=O)C(CCCNC(N)=O)NC(=O)[C@@H](NC(=O)CCOCCOCCOCCOCCNC(=O)CCC(=O)N2Cc3ccccc3C3=C(CC3)c3ccccc32)C(C)C)cc1)C(C)C. The van der Waals surface area contributed by atoms with Gasteiger partial charge >= 0.3 is 12.1 Å². The number of likely N-dealkylation sites (tertiary alicyclic amines) is 1. The molecule has 1 aliphatic carbocycles. The Morgan fingerprint density at radius 2 is 1.20 bits per heavy atom. The molecule has 0 spiro atoms. The predicted molar refractivity (Wildman–Crippen MR) is 459 cm³/mol. The molecule has 0 bridgehead atoms. The zero-order valence-corrected chi connectivity index (χ0v) is 73.1. The van der Waals surface area contributed by atoms with Crippen LogP contribution in [-0.2, 0) is 89.5 Å². The largest absolute Gasteiger partial charge is 0.445 e.